The van der Waals surface area contributed by atoms with E-state index < -0.39 is 0 Å². The number of nitrogen functional groups attached to an aromatic ring is 1. The second kappa shape index (κ2) is 6.17. The van der Waals surface area contributed by atoms with Crippen LogP contribution in [-0.2, 0) is 13.1 Å². The first kappa shape index (κ1) is 14.0. The maximum atomic E-state index is 13.4. The maximum Gasteiger partial charge on any atom is 0.146 e. The van der Waals surface area contributed by atoms with Gasteiger partial charge in [-0.05, 0) is 36.4 Å². The van der Waals surface area contributed by atoms with E-state index in [4.69, 9.17) is 5.73 Å². The van der Waals surface area contributed by atoms with E-state index in [1.165, 1.54) is 11.6 Å². The van der Waals surface area contributed by atoms with E-state index in [9.17, 15) is 4.39 Å². The average molecular weight is 323 g/mol. The Hall–Kier alpha value is -1.39. The molecule has 0 heterocycles. The first-order valence-electron chi connectivity index (χ1n) is 6.02. The summed E-state index contributed by atoms with van der Waals surface area (Å²) in [5, 5.41) is 0. The van der Waals surface area contributed by atoms with Crippen molar-refractivity contribution in [1.82, 2.24) is 4.90 Å². The Labute approximate surface area is 121 Å². The lowest BCUT2D eigenvalue weighted by Crippen LogP contribution is -2.18. The molecule has 2 nitrogen and oxygen atoms in total. The van der Waals surface area contributed by atoms with Gasteiger partial charge >= 0.3 is 0 Å². The molecular formula is C15H16BrFN2. The highest BCUT2D eigenvalue weighted by atomic mass is 79.9. The molecule has 100 valence electrons. The Morgan fingerprint density at radius 2 is 1.79 bits per heavy atom. The summed E-state index contributed by atoms with van der Waals surface area (Å²) in [5.74, 6) is -0.352. The lowest BCUT2D eigenvalue weighted by atomic mass is 10.1. The number of hydrogen-bond donors (Lipinski definition) is 1. The predicted molar refractivity (Wildman–Crippen MR) is 80.1 cm³/mol. The fraction of sp³-hybridized carbons (Fsp3) is 0.200. The molecule has 0 amide bonds. The van der Waals surface area contributed by atoms with Gasteiger partial charge in [0.15, 0.2) is 0 Å². The van der Waals surface area contributed by atoms with Crippen LogP contribution in [0.4, 0.5) is 10.1 Å². The van der Waals surface area contributed by atoms with Crippen molar-refractivity contribution in [3.63, 3.8) is 0 Å². The van der Waals surface area contributed by atoms with Crippen LogP contribution in [0.5, 0.6) is 0 Å². The van der Waals surface area contributed by atoms with Gasteiger partial charge in [-0.2, -0.15) is 0 Å². The number of benzene rings is 2. The van der Waals surface area contributed by atoms with Gasteiger partial charge in [0.1, 0.15) is 5.82 Å². The highest BCUT2D eigenvalue weighted by molar-refractivity contribution is 9.10. The molecular weight excluding hydrogens is 307 g/mol. The summed E-state index contributed by atoms with van der Waals surface area (Å²) >= 11 is 3.41. The largest absolute Gasteiger partial charge is 0.396 e. The van der Waals surface area contributed by atoms with Gasteiger partial charge in [0, 0.05) is 17.6 Å². The van der Waals surface area contributed by atoms with Gasteiger partial charge in [-0.25, -0.2) is 4.39 Å². The topological polar surface area (TPSA) is 29.3 Å². The van der Waals surface area contributed by atoms with Gasteiger partial charge in [-0.15, -0.1) is 0 Å². The van der Waals surface area contributed by atoms with E-state index >= 15 is 0 Å². The van der Waals surface area contributed by atoms with Gasteiger partial charge in [-0.1, -0.05) is 40.2 Å². The first-order valence-corrected chi connectivity index (χ1v) is 6.81. The number of nitrogens with zero attached hydrogens (tertiary/aromatic N) is 1. The molecule has 0 saturated carbocycles. The molecule has 0 fully saturated rings. The highest BCUT2D eigenvalue weighted by Gasteiger charge is 2.07. The lowest BCUT2D eigenvalue weighted by molar-refractivity contribution is 0.319. The fourth-order valence-electron chi connectivity index (χ4n) is 1.97. The Kier molecular flexibility index (Phi) is 4.56. The van der Waals surface area contributed by atoms with Crippen molar-refractivity contribution in [2.24, 2.45) is 0 Å². The molecule has 2 rings (SSSR count). The van der Waals surface area contributed by atoms with Gasteiger partial charge in [0.2, 0.25) is 0 Å². The summed E-state index contributed by atoms with van der Waals surface area (Å²) in [6.45, 7) is 1.42. The van der Waals surface area contributed by atoms with Gasteiger partial charge < -0.3 is 5.73 Å². The highest BCUT2D eigenvalue weighted by Crippen LogP contribution is 2.18. The van der Waals surface area contributed by atoms with E-state index in [2.05, 4.69) is 33.0 Å². The zero-order valence-corrected chi connectivity index (χ0v) is 12.3. The molecule has 0 unspecified atom stereocenters. The molecule has 0 aliphatic carbocycles. The number of para-hydroxylation sites is 1. The summed E-state index contributed by atoms with van der Waals surface area (Å²) in [6, 6.07) is 13.1. The van der Waals surface area contributed by atoms with Crippen molar-refractivity contribution in [3.05, 3.63) is 63.9 Å². The molecule has 0 radical (unpaired) electrons. The Bertz CT molecular complexity index is 555. The van der Waals surface area contributed by atoms with Crippen LogP contribution in [0, 0.1) is 5.82 Å². The second-order valence-corrected chi connectivity index (χ2v) is 5.53. The van der Waals surface area contributed by atoms with Crippen molar-refractivity contribution in [3.8, 4) is 0 Å². The molecule has 0 atom stereocenters. The van der Waals surface area contributed by atoms with Crippen molar-refractivity contribution < 1.29 is 4.39 Å². The molecule has 4 heteroatoms. The van der Waals surface area contributed by atoms with E-state index in [0.29, 0.717) is 6.54 Å². The summed E-state index contributed by atoms with van der Waals surface area (Å²) in [5.41, 5.74) is 8.01. The van der Waals surface area contributed by atoms with Crippen LogP contribution < -0.4 is 5.73 Å². The molecule has 2 aromatic carbocycles. The standard InChI is InChI=1S/C15H16BrFN2/c1-19(9-11-5-7-13(16)8-6-11)10-12-3-2-4-14(17)15(12)18/h2-8H,9-10,18H2,1H3. The molecule has 2 N–H and O–H groups in total. The maximum absolute atomic E-state index is 13.4. The Morgan fingerprint density at radius 1 is 1.11 bits per heavy atom. The smallest absolute Gasteiger partial charge is 0.146 e. The average Bonchev–Trinajstić information content (AvgIpc) is 2.38. The van der Waals surface area contributed by atoms with Crippen molar-refractivity contribution in [1.29, 1.82) is 0 Å². The molecule has 0 aliphatic heterocycles. The van der Waals surface area contributed by atoms with Crippen LogP contribution in [0.2, 0.25) is 0 Å². The minimum absolute atomic E-state index is 0.241. The van der Waals surface area contributed by atoms with Crippen LogP contribution in [-0.4, -0.2) is 11.9 Å². The minimum atomic E-state index is -0.352. The molecule has 19 heavy (non-hydrogen) atoms. The van der Waals surface area contributed by atoms with Gasteiger partial charge in [-0.3, -0.25) is 4.90 Å². The monoisotopic (exact) mass is 322 g/mol. The Morgan fingerprint density at radius 3 is 2.47 bits per heavy atom. The molecule has 0 aliphatic rings. The van der Waals surface area contributed by atoms with Crippen LogP contribution >= 0.6 is 15.9 Å². The number of anilines is 1. The molecule has 0 saturated heterocycles. The first-order chi connectivity index (χ1) is 9.06. The number of hydrogen-bond acceptors (Lipinski definition) is 2. The van der Waals surface area contributed by atoms with Crippen molar-refractivity contribution in [2.45, 2.75) is 13.1 Å². The normalized spacial score (nSPS) is 10.9. The lowest BCUT2D eigenvalue weighted by Gasteiger charge is -2.18. The zero-order valence-electron chi connectivity index (χ0n) is 10.7. The van der Waals surface area contributed by atoms with Crippen LogP contribution in [0.3, 0.4) is 0 Å². The van der Waals surface area contributed by atoms with Crippen molar-refractivity contribution in [2.75, 3.05) is 12.8 Å². The zero-order chi connectivity index (χ0) is 13.8. The number of halogens is 2. The third-order valence-electron chi connectivity index (χ3n) is 2.95. The van der Waals surface area contributed by atoms with Gasteiger partial charge in [0.25, 0.3) is 0 Å². The third kappa shape index (κ3) is 3.78. The third-order valence-corrected chi connectivity index (χ3v) is 3.48. The van der Waals surface area contributed by atoms with E-state index in [-0.39, 0.29) is 11.5 Å². The number of rotatable bonds is 4. The van der Waals surface area contributed by atoms with Crippen LogP contribution in [0.1, 0.15) is 11.1 Å². The quantitative estimate of drug-likeness (QED) is 0.867. The molecule has 2 aromatic rings. The fourth-order valence-corrected chi connectivity index (χ4v) is 2.23. The minimum Gasteiger partial charge on any atom is -0.396 e. The molecule has 0 aromatic heterocycles. The van der Waals surface area contributed by atoms with E-state index in [0.717, 1.165) is 16.6 Å². The van der Waals surface area contributed by atoms with Crippen molar-refractivity contribution >= 4 is 21.6 Å². The van der Waals surface area contributed by atoms with Crippen LogP contribution in [0.15, 0.2) is 46.9 Å². The van der Waals surface area contributed by atoms with Gasteiger partial charge in [0.05, 0.1) is 5.69 Å². The van der Waals surface area contributed by atoms with E-state index in [1.54, 1.807) is 6.07 Å². The summed E-state index contributed by atoms with van der Waals surface area (Å²) in [4.78, 5) is 2.11. The van der Waals surface area contributed by atoms with E-state index in [1.807, 2.05) is 25.2 Å². The summed E-state index contributed by atoms with van der Waals surface area (Å²) in [6.07, 6.45) is 0. The second-order valence-electron chi connectivity index (χ2n) is 4.61. The predicted octanol–water partition coefficient (Wildman–Crippen LogP) is 3.80. The molecule has 0 spiro atoms. The summed E-state index contributed by atoms with van der Waals surface area (Å²) in [7, 11) is 1.99. The Balaban J connectivity index is 2.03. The van der Waals surface area contributed by atoms with Crippen LogP contribution in [0.25, 0.3) is 0 Å². The number of nitrogens with two attached hydrogens (primary N) is 1. The SMILES string of the molecule is CN(Cc1ccc(Br)cc1)Cc1cccc(F)c1N. The molecule has 0 bridgehead atoms. The summed E-state index contributed by atoms with van der Waals surface area (Å²) < 4.78 is 14.4.